The third-order valence-electron chi connectivity index (χ3n) is 4.70. The first-order valence-corrected chi connectivity index (χ1v) is 9.54. The van der Waals surface area contributed by atoms with Gasteiger partial charge in [0.1, 0.15) is 0 Å². The number of hydrogen-bond donors (Lipinski definition) is 1. The van der Waals surface area contributed by atoms with Gasteiger partial charge in [-0.25, -0.2) is 0 Å². The lowest BCUT2D eigenvalue weighted by Gasteiger charge is -2.11. The summed E-state index contributed by atoms with van der Waals surface area (Å²) in [6.07, 6.45) is 2.26. The molecule has 0 aliphatic rings. The van der Waals surface area contributed by atoms with Gasteiger partial charge in [0.2, 0.25) is 0 Å². The molecule has 0 aliphatic heterocycles. The number of benzene rings is 4. The van der Waals surface area contributed by atoms with Crippen LogP contribution in [-0.2, 0) is 0 Å². The fourth-order valence-corrected chi connectivity index (χ4v) is 3.28. The first-order chi connectivity index (χ1) is 13.8. The molecule has 0 saturated carbocycles. The molecule has 0 aromatic heterocycles. The molecule has 0 unspecified atom stereocenters. The van der Waals surface area contributed by atoms with Crippen molar-refractivity contribution in [1.29, 1.82) is 0 Å². The minimum absolute atomic E-state index is 1.08. The topological polar surface area (TPSA) is 12.0 Å². The van der Waals surface area contributed by atoms with Gasteiger partial charge in [0.15, 0.2) is 0 Å². The zero-order chi connectivity index (χ0) is 19.2. The fourth-order valence-electron chi connectivity index (χ4n) is 3.28. The standard InChI is InChI=1S/C27H23N/c1-21-9-8-12-24(19-21)27(23-10-4-2-5-11-23)20-22-15-17-26(18-16-22)28-25-13-6-3-7-14-25/h2-20,28H,1H3. The van der Waals surface area contributed by atoms with E-state index in [0.717, 1.165) is 11.4 Å². The van der Waals surface area contributed by atoms with E-state index in [4.69, 9.17) is 0 Å². The second-order valence-corrected chi connectivity index (χ2v) is 6.91. The maximum atomic E-state index is 3.43. The van der Waals surface area contributed by atoms with E-state index in [-0.39, 0.29) is 0 Å². The van der Waals surface area contributed by atoms with Crippen molar-refractivity contribution in [2.75, 3.05) is 5.32 Å². The van der Waals surface area contributed by atoms with Crippen molar-refractivity contribution in [2.45, 2.75) is 6.92 Å². The van der Waals surface area contributed by atoms with E-state index in [2.05, 4.69) is 109 Å². The van der Waals surface area contributed by atoms with E-state index >= 15 is 0 Å². The molecule has 1 heteroatoms. The Morgan fingerprint density at radius 3 is 1.89 bits per heavy atom. The Morgan fingerprint density at radius 1 is 0.607 bits per heavy atom. The van der Waals surface area contributed by atoms with E-state index in [0.29, 0.717) is 0 Å². The summed E-state index contributed by atoms with van der Waals surface area (Å²) in [6, 6.07) is 38.0. The molecule has 0 spiro atoms. The van der Waals surface area contributed by atoms with Crippen molar-refractivity contribution in [3.63, 3.8) is 0 Å². The van der Waals surface area contributed by atoms with Gasteiger partial charge in [-0.15, -0.1) is 0 Å². The van der Waals surface area contributed by atoms with Crippen molar-refractivity contribution in [3.8, 4) is 0 Å². The first-order valence-electron chi connectivity index (χ1n) is 9.54. The van der Waals surface area contributed by atoms with Crippen LogP contribution in [0.4, 0.5) is 11.4 Å². The molecule has 1 N–H and O–H groups in total. The summed E-state index contributed by atoms with van der Waals surface area (Å²) in [7, 11) is 0. The van der Waals surface area contributed by atoms with Crippen molar-refractivity contribution in [2.24, 2.45) is 0 Å². The van der Waals surface area contributed by atoms with Crippen molar-refractivity contribution >= 4 is 23.0 Å². The minimum atomic E-state index is 1.08. The molecule has 0 bridgehead atoms. The highest BCUT2D eigenvalue weighted by molar-refractivity contribution is 5.91. The van der Waals surface area contributed by atoms with Crippen molar-refractivity contribution < 1.29 is 0 Å². The van der Waals surface area contributed by atoms with Gasteiger partial charge in [-0.2, -0.15) is 0 Å². The summed E-state index contributed by atoms with van der Waals surface area (Å²) >= 11 is 0. The maximum Gasteiger partial charge on any atom is 0.0384 e. The monoisotopic (exact) mass is 361 g/mol. The molecule has 0 aliphatic carbocycles. The first kappa shape index (κ1) is 17.8. The Labute approximate surface area is 167 Å². The molecule has 0 saturated heterocycles. The Morgan fingerprint density at radius 2 is 1.21 bits per heavy atom. The number of para-hydroxylation sites is 1. The molecule has 136 valence electrons. The summed E-state index contributed by atoms with van der Waals surface area (Å²) in [6.45, 7) is 2.14. The van der Waals surface area contributed by atoms with Crippen LogP contribution in [0.2, 0.25) is 0 Å². The summed E-state index contributed by atoms with van der Waals surface area (Å²) in [4.78, 5) is 0. The van der Waals surface area contributed by atoms with Gasteiger partial charge in [0.25, 0.3) is 0 Å². The smallest absolute Gasteiger partial charge is 0.0384 e. The highest BCUT2D eigenvalue weighted by atomic mass is 14.9. The number of hydrogen-bond acceptors (Lipinski definition) is 1. The van der Waals surface area contributed by atoms with Crippen LogP contribution in [0.5, 0.6) is 0 Å². The molecule has 1 nitrogen and oxygen atoms in total. The zero-order valence-corrected chi connectivity index (χ0v) is 16.0. The molecule has 4 aromatic carbocycles. The van der Waals surface area contributed by atoms with Crippen LogP contribution in [-0.4, -0.2) is 0 Å². The number of rotatable bonds is 5. The Balaban J connectivity index is 1.66. The molecule has 4 aromatic rings. The lowest BCUT2D eigenvalue weighted by Crippen LogP contribution is -1.91. The van der Waals surface area contributed by atoms with Crippen LogP contribution in [0.25, 0.3) is 11.6 Å². The Bertz CT molecular complexity index is 1060. The molecule has 4 rings (SSSR count). The van der Waals surface area contributed by atoms with E-state index in [9.17, 15) is 0 Å². The largest absolute Gasteiger partial charge is 0.356 e. The van der Waals surface area contributed by atoms with Crippen LogP contribution in [0.1, 0.15) is 22.3 Å². The van der Waals surface area contributed by atoms with Gasteiger partial charge < -0.3 is 5.32 Å². The van der Waals surface area contributed by atoms with E-state index in [1.54, 1.807) is 0 Å². The predicted octanol–water partition coefficient (Wildman–Crippen LogP) is 7.33. The minimum Gasteiger partial charge on any atom is -0.356 e. The molecule has 0 atom stereocenters. The third-order valence-corrected chi connectivity index (χ3v) is 4.70. The summed E-state index contributed by atoms with van der Waals surface area (Å²) in [5.74, 6) is 0. The van der Waals surface area contributed by atoms with Crippen LogP contribution in [0.15, 0.2) is 109 Å². The molecular weight excluding hydrogens is 338 g/mol. The number of nitrogens with one attached hydrogen (secondary N) is 1. The van der Waals surface area contributed by atoms with Gasteiger partial charge in [0, 0.05) is 11.4 Å². The van der Waals surface area contributed by atoms with Crippen LogP contribution >= 0.6 is 0 Å². The third kappa shape index (κ3) is 4.39. The van der Waals surface area contributed by atoms with Gasteiger partial charge in [-0.1, -0.05) is 90.5 Å². The average Bonchev–Trinajstić information content (AvgIpc) is 2.74. The summed E-state index contributed by atoms with van der Waals surface area (Å²) in [5.41, 5.74) is 8.31. The van der Waals surface area contributed by atoms with Crippen LogP contribution in [0.3, 0.4) is 0 Å². The molecular formula is C27H23N. The molecule has 0 fully saturated rings. The normalized spacial score (nSPS) is 11.2. The molecule has 0 amide bonds. The van der Waals surface area contributed by atoms with Crippen molar-refractivity contribution in [1.82, 2.24) is 0 Å². The van der Waals surface area contributed by atoms with Crippen LogP contribution < -0.4 is 5.32 Å². The second kappa shape index (κ2) is 8.41. The predicted molar refractivity (Wildman–Crippen MR) is 121 cm³/mol. The highest BCUT2D eigenvalue weighted by Crippen LogP contribution is 2.27. The summed E-state index contributed by atoms with van der Waals surface area (Å²) < 4.78 is 0. The van der Waals surface area contributed by atoms with Crippen molar-refractivity contribution in [3.05, 3.63) is 131 Å². The maximum absolute atomic E-state index is 3.43. The lowest BCUT2D eigenvalue weighted by atomic mass is 9.94. The lowest BCUT2D eigenvalue weighted by molar-refractivity contribution is 1.44. The highest BCUT2D eigenvalue weighted by Gasteiger charge is 2.06. The SMILES string of the molecule is Cc1cccc(C(=Cc2ccc(Nc3ccccc3)cc2)c2ccccc2)c1. The number of aryl methyl sites for hydroxylation is 1. The van der Waals surface area contributed by atoms with E-state index < -0.39 is 0 Å². The molecule has 28 heavy (non-hydrogen) atoms. The van der Waals surface area contributed by atoms with Crippen LogP contribution in [0, 0.1) is 6.92 Å². The summed E-state index contributed by atoms with van der Waals surface area (Å²) in [5, 5.41) is 3.43. The quantitative estimate of drug-likeness (QED) is 0.367. The average molecular weight is 361 g/mol. The molecule has 0 radical (unpaired) electrons. The Kier molecular flexibility index (Phi) is 5.35. The molecule has 0 heterocycles. The second-order valence-electron chi connectivity index (χ2n) is 6.91. The van der Waals surface area contributed by atoms with Gasteiger partial charge in [-0.05, 0) is 59.5 Å². The zero-order valence-electron chi connectivity index (χ0n) is 16.0. The van der Waals surface area contributed by atoms with E-state index in [1.807, 2.05) is 18.2 Å². The van der Waals surface area contributed by atoms with Gasteiger partial charge in [-0.3, -0.25) is 0 Å². The van der Waals surface area contributed by atoms with E-state index in [1.165, 1.54) is 27.8 Å². The fraction of sp³-hybridized carbons (Fsp3) is 0.0370. The van der Waals surface area contributed by atoms with Gasteiger partial charge >= 0.3 is 0 Å². The Hall–Kier alpha value is -3.58. The number of anilines is 2. The van der Waals surface area contributed by atoms with Gasteiger partial charge in [0.05, 0.1) is 0 Å².